The molecule has 0 aliphatic carbocycles. The van der Waals surface area contributed by atoms with Gasteiger partial charge in [-0.25, -0.2) is 0 Å². The molecule has 0 saturated carbocycles. The van der Waals surface area contributed by atoms with E-state index in [-0.39, 0.29) is 11.3 Å². The van der Waals surface area contributed by atoms with Crippen LogP contribution in [0.25, 0.3) is 5.76 Å². The largest absolute Gasteiger partial charge is 0.507 e. The van der Waals surface area contributed by atoms with Crippen LogP contribution in [0.2, 0.25) is 0 Å². The number of aliphatic hydroxyl groups is 1. The maximum Gasteiger partial charge on any atom is 0.295 e. The molecule has 1 aliphatic heterocycles. The fourth-order valence-corrected chi connectivity index (χ4v) is 3.87. The molecule has 1 unspecified atom stereocenters. The molecule has 2 aromatic carbocycles. The Balaban J connectivity index is 2.20. The Bertz CT molecular complexity index is 1030. The minimum atomic E-state index is -0.728. The van der Waals surface area contributed by atoms with Crippen molar-refractivity contribution in [3.8, 4) is 17.2 Å². The van der Waals surface area contributed by atoms with Crippen LogP contribution in [0, 0.1) is 0 Å². The summed E-state index contributed by atoms with van der Waals surface area (Å²) in [6.45, 7) is 4.79. The van der Waals surface area contributed by atoms with Crippen LogP contribution in [0.15, 0.2) is 48.0 Å². The number of rotatable bonds is 9. The highest BCUT2D eigenvalue weighted by molar-refractivity contribution is 6.46. The Kier molecular flexibility index (Phi) is 7.41. The summed E-state index contributed by atoms with van der Waals surface area (Å²) >= 11 is 0. The normalized spacial score (nSPS) is 17.5. The topological polar surface area (TPSA) is 85.3 Å². The van der Waals surface area contributed by atoms with Gasteiger partial charge in [0.2, 0.25) is 0 Å². The van der Waals surface area contributed by atoms with E-state index in [4.69, 9.17) is 14.2 Å². The van der Waals surface area contributed by atoms with Crippen LogP contribution < -0.4 is 14.2 Å². The average molecular weight is 440 g/mol. The summed E-state index contributed by atoms with van der Waals surface area (Å²) < 4.78 is 16.3. The van der Waals surface area contributed by atoms with Crippen molar-refractivity contribution >= 4 is 17.4 Å². The van der Waals surface area contributed by atoms with Crippen molar-refractivity contribution in [3.05, 3.63) is 59.2 Å². The highest BCUT2D eigenvalue weighted by Gasteiger charge is 2.46. The zero-order valence-electron chi connectivity index (χ0n) is 18.9. The van der Waals surface area contributed by atoms with E-state index in [0.29, 0.717) is 41.5 Å². The first-order chi connectivity index (χ1) is 15.5. The Morgan fingerprint density at radius 3 is 2.47 bits per heavy atom. The number of hydrogen-bond acceptors (Lipinski definition) is 6. The van der Waals surface area contributed by atoms with E-state index in [1.165, 1.54) is 19.1 Å². The maximum absolute atomic E-state index is 13.1. The molecule has 0 bridgehead atoms. The molecule has 1 fully saturated rings. The molecule has 1 atom stereocenters. The number of Topliss-reactive ketones (excluding diaryl/α,β-unsaturated/α-hetero) is 1. The van der Waals surface area contributed by atoms with Gasteiger partial charge >= 0.3 is 0 Å². The number of methoxy groups -OCH3 is 2. The van der Waals surface area contributed by atoms with Gasteiger partial charge in [-0.2, -0.15) is 0 Å². The smallest absolute Gasteiger partial charge is 0.295 e. The van der Waals surface area contributed by atoms with E-state index in [9.17, 15) is 14.7 Å². The highest BCUT2D eigenvalue weighted by Crippen LogP contribution is 2.42. The van der Waals surface area contributed by atoms with Crippen LogP contribution in [0.3, 0.4) is 0 Å². The molecule has 1 aliphatic rings. The van der Waals surface area contributed by atoms with Gasteiger partial charge < -0.3 is 24.2 Å². The first-order valence-corrected chi connectivity index (χ1v) is 10.7. The Hall–Kier alpha value is -3.48. The number of carbonyl (C=O) groups excluding carboxylic acids is 2. The molecule has 7 heteroatoms. The third-order valence-corrected chi connectivity index (χ3v) is 5.44. The molecule has 0 spiro atoms. The lowest BCUT2D eigenvalue weighted by molar-refractivity contribution is -0.139. The number of amides is 1. The van der Waals surface area contributed by atoms with E-state index in [1.807, 2.05) is 32.0 Å². The van der Waals surface area contributed by atoms with Crippen molar-refractivity contribution in [1.29, 1.82) is 0 Å². The minimum absolute atomic E-state index is 0.0308. The number of ketones is 1. The number of carbonyl (C=O) groups is 2. The first kappa shape index (κ1) is 23.2. The Morgan fingerprint density at radius 1 is 1.03 bits per heavy atom. The number of benzene rings is 2. The molecular formula is C25H29NO6. The monoisotopic (exact) mass is 439 g/mol. The first-order valence-electron chi connectivity index (χ1n) is 10.7. The van der Waals surface area contributed by atoms with Gasteiger partial charge in [0.15, 0.2) is 0 Å². The van der Waals surface area contributed by atoms with Crippen LogP contribution in [0.1, 0.15) is 43.9 Å². The molecule has 2 aromatic rings. The third-order valence-electron chi connectivity index (χ3n) is 5.44. The van der Waals surface area contributed by atoms with Crippen LogP contribution >= 0.6 is 0 Å². The van der Waals surface area contributed by atoms with Crippen molar-refractivity contribution in [2.75, 3.05) is 27.4 Å². The maximum atomic E-state index is 13.1. The summed E-state index contributed by atoms with van der Waals surface area (Å²) in [5.74, 6) is -0.115. The second kappa shape index (κ2) is 10.2. The van der Waals surface area contributed by atoms with Crippen molar-refractivity contribution in [2.24, 2.45) is 0 Å². The standard InChI is InChI=1S/C25H29NO6/c1-5-7-13-26-22(16-9-8-10-18(14-16)32-6-2)21(24(28)25(26)29)23(27)19-12-11-17(30-3)15-20(19)31-4/h8-12,14-15,22,27H,5-7,13H2,1-4H3/b23-21-. The van der Waals surface area contributed by atoms with E-state index >= 15 is 0 Å². The van der Waals surface area contributed by atoms with E-state index in [1.54, 1.807) is 24.3 Å². The van der Waals surface area contributed by atoms with Crippen LogP contribution in [-0.4, -0.2) is 49.1 Å². The number of hydrogen-bond donors (Lipinski definition) is 1. The predicted octanol–water partition coefficient (Wildman–Crippen LogP) is 4.32. The molecule has 1 saturated heterocycles. The van der Waals surface area contributed by atoms with E-state index < -0.39 is 17.7 Å². The van der Waals surface area contributed by atoms with E-state index in [2.05, 4.69) is 0 Å². The van der Waals surface area contributed by atoms with Gasteiger partial charge in [-0.15, -0.1) is 0 Å². The van der Waals surface area contributed by atoms with Gasteiger partial charge in [-0.3, -0.25) is 9.59 Å². The summed E-state index contributed by atoms with van der Waals surface area (Å²) in [5.41, 5.74) is 1.04. The fraction of sp³-hybridized carbons (Fsp3) is 0.360. The Morgan fingerprint density at radius 2 is 1.81 bits per heavy atom. The molecule has 32 heavy (non-hydrogen) atoms. The summed E-state index contributed by atoms with van der Waals surface area (Å²) in [5, 5.41) is 11.3. The van der Waals surface area contributed by atoms with Gasteiger partial charge in [-0.05, 0) is 43.2 Å². The average Bonchev–Trinajstić information content (AvgIpc) is 3.07. The highest BCUT2D eigenvalue weighted by atomic mass is 16.5. The van der Waals surface area contributed by atoms with Crippen LogP contribution in [-0.2, 0) is 9.59 Å². The number of unbranched alkanes of at least 4 members (excludes halogenated alkanes) is 1. The van der Waals surface area contributed by atoms with Gasteiger partial charge in [-0.1, -0.05) is 25.5 Å². The number of aliphatic hydroxyl groups excluding tert-OH is 1. The number of likely N-dealkylation sites (tertiary alicyclic amines) is 1. The molecule has 1 amide bonds. The molecule has 0 radical (unpaired) electrons. The van der Waals surface area contributed by atoms with Crippen molar-refractivity contribution < 1.29 is 28.9 Å². The van der Waals surface area contributed by atoms with Gasteiger partial charge in [0.25, 0.3) is 11.7 Å². The summed E-state index contributed by atoms with van der Waals surface area (Å²) in [6, 6.07) is 11.4. The van der Waals surface area contributed by atoms with E-state index in [0.717, 1.165) is 12.8 Å². The molecule has 0 aromatic heterocycles. The van der Waals surface area contributed by atoms with Crippen molar-refractivity contribution in [3.63, 3.8) is 0 Å². The molecule has 1 heterocycles. The van der Waals surface area contributed by atoms with Crippen LogP contribution in [0.5, 0.6) is 17.2 Å². The third kappa shape index (κ3) is 4.42. The summed E-state index contributed by atoms with van der Waals surface area (Å²) in [7, 11) is 2.99. The zero-order valence-corrected chi connectivity index (χ0v) is 18.9. The zero-order chi connectivity index (χ0) is 23.3. The number of nitrogens with zero attached hydrogens (tertiary/aromatic N) is 1. The molecule has 170 valence electrons. The molecule has 7 nitrogen and oxygen atoms in total. The molecular weight excluding hydrogens is 410 g/mol. The van der Waals surface area contributed by atoms with Crippen molar-refractivity contribution in [1.82, 2.24) is 4.90 Å². The quantitative estimate of drug-likeness (QED) is 0.356. The van der Waals surface area contributed by atoms with Gasteiger partial charge in [0.05, 0.1) is 38.0 Å². The molecule has 3 rings (SSSR count). The lowest BCUT2D eigenvalue weighted by Crippen LogP contribution is -2.30. The molecule has 1 N–H and O–H groups in total. The fourth-order valence-electron chi connectivity index (χ4n) is 3.87. The van der Waals surface area contributed by atoms with Crippen LogP contribution in [0.4, 0.5) is 0 Å². The lowest BCUT2D eigenvalue weighted by atomic mass is 9.94. The minimum Gasteiger partial charge on any atom is -0.507 e. The van der Waals surface area contributed by atoms with Gasteiger partial charge in [0.1, 0.15) is 23.0 Å². The lowest BCUT2D eigenvalue weighted by Gasteiger charge is -2.25. The SMILES string of the molecule is CCCCN1C(=O)C(=O)/C(=C(\O)c2ccc(OC)cc2OC)C1c1cccc(OCC)c1. The second-order valence-corrected chi connectivity index (χ2v) is 7.42. The van der Waals surface area contributed by atoms with Gasteiger partial charge in [0, 0.05) is 12.6 Å². The van der Waals surface area contributed by atoms with Crippen molar-refractivity contribution in [2.45, 2.75) is 32.7 Å². The second-order valence-electron chi connectivity index (χ2n) is 7.42. The summed E-state index contributed by atoms with van der Waals surface area (Å²) in [4.78, 5) is 27.6. The number of ether oxygens (including phenoxy) is 3. The Labute approximate surface area is 188 Å². The summed E-state index contributed by atoms with van der Waals surface area (Å²) in [6.07, 6.45) is 1.60. The predicted molar refractivity (Wildman–Crippen MR) is 121 cm³/mol.